The van der Waals surface area contributed by atoms with Gasteiger partial charge in [-0.2, -0.15) is 8.42 Å². The van der Waals surface area contributed by atoms with Crippen molar-refractivity contribution >= 4 is 50.7 Å². The number of rotatable bonds is 13. The third-order valence-electron chi connectivity index (χ3n) is 5.88. The molecule has 2 amide bonds. The highest BCUT2D eigenvalue weighted by atomic mass is 32.2. The van der Waals surface area contributed by atoms with Crippen molar-refractivity contribution in [1.82, 2.24) is 26.3 Å². The average Bonchev–Trinajstić information content (AvgIpc) is 3.58. The van der Waals surface area contributed by atoms with Gasteiger partial charge < -0.3 is 21.1 Å². The summed E-state index contributed by atoms with van der Waals surface area (Å²) < 4.78 is 38.1. The molecule has 6 N–H and O–H groups in total. The Labute approximate surface area is 242 Å². The maximum absolute atomic E-state index is 13.6. The number of ether oxygens (including phenoxy) is 1. The van der Waals surface area contributed by atoms with E-state index in [1.807, 2.05) is 46.6 Å². The average molecular weight is 613 g/mol. The minimum atomic E-state index is -4.39. The van der Waals surface area contributed by atoms with E-state index in [-0.39, 0.29) is 17.7 Å². The molecule has 0 radical (unpaired) electrons. The number of methoxy groups -OCH3 is 1. The molecule has 0 spiro atoms. The number of anilines is 1. The number of benzene rings is 1. The summed E-state index contributed by atoms with van der Waals surface area (Å²) in [4.78, 5) is 35.0. The smallest absolute Gasteiger partial charge is 0.409 e. The molecule has 3 rings (SSSR count). The van der Waals surface area contributed by atoms with E-state index in [2.05, 4.69) is 5.32 Å². The monoisotopic (exact) mass is 612 g/mol. The quantitative estimate of drug-likeness (QED) is 0.207. The molecule has 12 nitrogen and oxygen atoms in total. The zero-order valence-electron chi connectivity index (χ0n) is 22.9. The van der Waals surface area contributed by atoms with Gasteiger partial charge in [-0.1, -0.05) is 18.2 Å². The molecule has 2 atom stereocenters. The SMILES string of the molecule is COC(=O)N(C)C(CCCN(C)C)C(=O)NC(Cc1ccc(NS(=O)(=O)O)cc1)c1csc(-c2cccs2)n1.N. The Morgan fingerprint density at radius 2 is 1.82 bits per heavy atom. The lowest BCUT2D eigenvalue weighted by atomic mass is 10.0. The summed E-state index contributed by atoms with van der Waals surface area (Å²) in [6.07, 6.45) is 0.888. The molecule has 2 unspecified atom stereocenters. The van der Waals surface area contributed by atoms with Gasteiger partial charge >= 0.3 is 16.4 Å². The number of likely N-dealkylation sites (N-methyl/N-ethyl adjacent to an activating group) is 1. The van der Waals surface area contributed by atoms with Crippen LogP contribution in [0.1, 0.15) is 30.1 Å². The lowest BCUT2D eigenvalue weighted by Gasteiger charge is -2.28. The summed E-state index contributed by atoms with van der Waals surface area (Å²) >= 11 is 3.05. The van der Waals surface area contributed by atoms with Crippen LogP contribution in [0.4, 0.5) is 10.5 Å². The number of nitrogens with zero attached hydrogens (tertiary/aromatic N) is 3. The first-order chi connectivity index (χ1) is 18.5. The van der Waals surface area contributed by atoms with Crippen molar-refractivity contribution in [2.75, 3.05) is 39.5 Å². The van der Waals surface area contributed by atoms with Crippen LogP contribution in [0.2, 0.25) is 0 Å². The number of thiophene rings is 1. The van der Waals surface area contributed by atoms with Crippen LogP contribution in [-0.2, 0) is 26.3 Å². The van der Waals surface area contributed by atoms with Gasteiger partial charge in [-0.15, -0.1) is 22.7 Å². The largest absolute Gasteiger partial charge is 0.453 e. The fraction of sp³-hybridized carbons (Fsp3) is 0.400. The molecule has 15 heteroatoms. The molecule has 3 aromatic rings. The van der Waals surface area contributed by atoms with Gasteiger partial charge in [0.25, 0.3) is 0 Å². The van der Waals surface area contributed by atoms with E-state index in [1.165, 1.54) is 35.5 Å². The van der Waals surface area contributed by atoms with E-state index >= 15 is 0 Å². The first-order valence-electron chi connectivity index (χ1n) is 12.1. The third-order valence-corrected chi connectivity index (χ3v) is 8.28. The first kappa shape index (κ1) is 33.1. The molecule has 1 aromatic carbocycles. The predicted molar refractivity (Wildman–Crippen MR) is 158 cm³/mol. The molecule has 0 saturated heterocycles. The number of amides is 2. The van der Waals surface area contributed by atoms with E-state index in [0.717, 1.165) is 22.0 Å². The summed E-state index contributed by atoms with van der Waals surface area (Å²) in [6.45, 7) is 0.752. The Bertz CT molecular complexity index is 1330. The number of nitrogens with one attached hydrogen (secondary N) is 2. The fourth-order valence-corrected chi connectivity index (χ4v) is 6.04. The van der Waals surface area contributed by atoms with Crippen molar-refractivity contribution in [2.24, 2.45) is 0 Å². The zero-order valence-corrected chi connectivity index (χ0v) is 25.3. The second-order valence-electron chi connectivity index (χ2n) is 9.14. The minimum Gasteiger partial charge on any atom is -0.453 e. The van der Waals surface area contributed by atoms with Crippen LogP contribution in [0.3, 0.4) is 0 Å². The van der Waals surface area contributed by atoms with E-state index in [9.17, 15) is 18.0 Å². The van der Waals surface area contributed by atoms with E-state index in [1.54, 1.807) is 30.5 Å². The van der Waals surface area contributed by atoms with E-state index < -0.39 is 28.5 Å². The molecule has 2 aromatic heterocycles. The van der Waals surface area contributed by atoms with Gasteiger partial charge in [-0.3, -0.25) is 19.0 Å². The molecule has 0 fully saturated rings. The molecule has 40 heavy (non-hydrogen) atoms. The van der Waals surface area contributed by atoms with Gasteiger partial charge in [-0.25, -0.2) is 9.78 Å². The second kappa shape index (κ2) is 15.1. The van der Waals surface area contributed by atoms with Gasteiger partial charge in [0.15, 0.2) is 0 Å². The number of hydrogen-bond acceptors (Lipinski definition) is 10. The van der Waals surface area contributed by atoms with Crippen molar-refractivity contribution < 1.29 is 27.3 Å². The summed E-state index contributed by atoms with van der Waals surface area (Å²) in [5, 5.41) is 7.79. The predicted octanol–water partition coefficient (Wildman–Crippen LogP) is 4.06. The summed E-state index contributed by atoms with van der Waals surface area (Å²) in [6, 6.07) is 9.10. The molecule has 0 aliphatic heterocycles. The van der Waals surface area contributed by atoms with Gasteiger partial charge in [-0.05, 0) is 69.0 Å². The highest BCUT2D eigenvalue weighted by molar-refractivity contribution is 7.87. The highest BCUT2D eigenvalue weighted by Gasteiger charge is 2.30. The van der Waals surface area contributed by atoms with Crippen LogP contribution in [0.25, 0.3) is 9.88 Å². The standard InChI is InChI=1S/C25H33N5O6S3.H3N/c1-29(2)13-5-7-21(30(3)25(32)36-4)23(31)26-19(20-16-38-24(27-20)22-8-6-14-37-22)15-17-9-11-18(12-10-17)28-39(33,34)35;/h6,8-12,14,16,19,21,28H,5,7,13,15H2,1-4H3,(H,26,31)(H,33,34,35);1H3. The topological polar surface area (TPSA) is 176 Å². The molecule has 2 heterocycles. The maximum atomic E-state index is 13.6. The molecule has 0 aliphatic rings. The van der Waals surface area contributed by atoms with Gasteiger partial charge in [0, 0.05) is 12.4 Å². The van der Waals surface area contributed by atoms with Gasteiger partial charge in [0.05, 0.1) is 29.4 Å². The third kappa shape index (κ3) is 9.83. The van der Waals surface area contributed by atoms with E-state index in [4.69, 9.17) is 14.3 Å². The second-order valence-corrected chi connectivity index (χ2v) is 12.1. The number of carbonyl (C=O) groups excluding carboxylic acids is 2. The summed E-state index contributed by atoms with van der Waals surface area (Å²) in [7, 11) is 2.31. The number of thiazole rings is 1. The van der Waals surface area contributed by atoms with Crippen LogP contribution >= 0.6 is 22.7 Å². The van der Waals surface area contributed by atoms with Crippen molar-refractivity contribution in [3.8, 4) is 9.88 Å². The zero-order chi connectivity index (χ0) is 28.6. The maximum Gasteiger partial charge on any atom is 0.409 e. The Balaban J connectivity index is 0.00000560. The summed E-state index contributed by atoms with van der Waals surface area (Å²) in [5.74, 6) is -0.331. The fourth-order valence-electron chi connectivity index (χ4n) is 3.92. The van der Waals surface area contributed by atoms with Crippen molar-refractivity contribution in [1.29, 1.82) is 0 Å². The highest BCUT2D eigenvalue weighted by Crippen LogP contribution is 2.31. The Kier molecular flexibility index (Phi) is 12.5. The molecule has 0 aliphatic carbocycles. The van der Waals surface area contributed by atoms with Crippen molar-refractivity contribution in [2.45, 2.75) is 31.3 Å². The number of hydrogen-bond donors (Lipinski definition) is 4. The molecular weight excluding hydrogens is 577 g/mol. The molecule has 220 valence electrons. The first-order valence-corrected chi connectivity index (χ1v) is 15.3. The lowest BCUT2D eigenvalue weighted by molar-refractivity contribution is -0.126. The van der Waals surface area contributed by atoms with Crippen molar-refractivity contribution in [3.63, 3.8) is 0 Å². The molecule has 0 saturated carbocycles. The number of aromatic nitrogens is 1. The minimum absolute atomic E-state index is 0. The van der Waals surface area contributed by atoms with Gasteiger partial charge in [0.1, 0.15) is 11.0 Å². The molecule has 0 bridgehead atoms. The van der Waals surface area contributed by atoms with Crippen LogP contribution in [0, 0.1) is 0 Å². The van der Waals surface area contributed by atoms with Crippen LogP contribution in [0.5, 0.6) is 0 Å². The van der Waals surface area contributed by atoms with Gasteiger partial charge in [0.2, 0.25) is 5.91 Å². The summed E-state index contributed by atoms with van der Waals surface area (Å²) in [5.41, 5.74) is 1.68. The van der Waals surface area contributed by atoms with Crippen LogP contribution in [-0.4, -0.2) is 80.6 Å². The molecular formula is C25H36N6O6S3. The Morgan fingerprint density at radius 3 is 2.40 bits per heavy atom. The van der Waals surface area contributed by atoms with Crippen LogP contribution < -0.4 is 16.2 Å². The number of carbonyl (C=O) groups is 2. The Hall–Kier alpha value is -3.08. The van der Waals surface area contributed by atoms with Crippen molar-refractivity contribution in [3.05, 3.63) is 58.4 Å². The lowest BCUT2D eigenvalue weighted by Crippen LogP contribution is -2.49. The normalized spacial score (nSPS) is 12.8. The van der Waals surface area contributed by atoms with E-state index in [0.29, 0.717) is 25.0 Å². The Morgan fingerprint density at radius 1 is 1.12 bits per heavy atom. The van der Waals surface area contributed by atoms with Crippen LogP contribution in [0.15, 0.2) is 47.2 Å².